The van der Waals surface area contributed by atoms with Gasteiger partial charge in [-0.15, -0.1) is 0 Å². The number of likely N-dealkylation sites (tertiary alicyclic amines) is 1. The second-order valence-electron chi connectivity index (χ2n) is 8.52. The molecule has 1 aliphatic rings. The van der Waals surface area contributed by atoms with Crippen LogP contribution in [0, 0.1) is 6.92 Å². The molecule has 2 amide bonds. The van der Waals surface area contributed by atoms with Gasteiger partial charge in [-0.2, -0.15) is 0 Å². The molecular weight excluding hydrogens is 456 g/mol. The zero-order chi connectivity index (χ0) is 24.7. The first-order valence-corrected chi connectivity index (χ1v) is 11.9. The lowest BCUT2D eigenvalue weighted by Crippen LogP contribution is -2.33. The molecular formula is C26H31ClN2O5. The van der Waals surface area contributed by atoms with Gasteiger partial charge in [0.05, 0.1) is 13.0 Å². The van der Waals surface area contributed by atoms with E-state index < -0.39 is 5.97 Å². The monoisotopic (exact) mass is 486 g/mol. The number of ether oxygens (including phenoxy) is 1. The minimum atomic E-state index is -0.851. The number of carbonyl (C=O) groups excluding carboxylic acids is 2. The van der Waals surface area contributed by atoms with Crippen molar-refractivity contribution in [3.8, 4) is 5.75 Å². The molecule has 0 aliphatic carbocycles. The van der Waals surface area contributed by atoms with E-state index in [0.717, 1.165) is 29.7 Å². The summed E-state index contributed by atoms with van der Waals surface area (Å²) in [5.74, 6) is -0.442. The average Bonchev–Trinajstić information content (AvgIpc) is 3.11. The number of hydrogen-bond donors (Lipinski definition) is 1. The molecule has 0 bridgehead atoms. The number of amides is 2. The van der Waals surface area contributed by atoms with Gasteiger partial charge >= 0.3 is 5.97 Å². The third kappa shape index (κ3) is 6.81. The number of carboxylic acids is 1. The van der Waals surface area contributed by atoms with Crippen LogP contribution in [0.15, 0.2) is 42.5 Å². The molecule has 34 heavy (non-hydrogen) atoms. The number of aliphatic carboxylic acids is 1. The number of hydrogen-bond acceptors (Lipinski definition) is 5. The second-order valence-corrected chi connectivity index (χ2v) is 8.96. The molecule has 0 radical (unpaired) electrons. The average molecular weight is 487 g/mol. The van der Waals surface area contributed by atoms with Crippen LogP contribution < -0.4 is 4.74 Å². The highest BCUT2D eigenvalue weighted by molar-refractivity contribution is 6.30. The summed E-state index contributed by atoms with van der Waals surface area (Å²) in [4.78, 5) is 38.5. The number of aryl methyl sites for hydroxylation is 1. The summed E-state index contributed by atoms with van der Waals surface area (Å²) >= 11 is 6.03. The van der Waals surface area contributed by atoms with Gasteiger partial charge in [-0.05, 0) is 54.8 Å². The zero-order valence-corrected chi connectivity index (χ0v) is 20.4. The highest BCUT2D eigenvalue weighted by Crippen LogP contribution is 2.29. The van der Waals surface area contributed by atoms with Gasteiger partial charge in [-0.25, -0.2) is 0 Å². The van der Waals surface area contributed by atoms with E-state index in [1.54, 1.807) is 12.1 Å². The van der Waals surface area contributed by atoms with E-state index in [2.05, 4.69) is 11.8 Å². The normalized spacial score (nSPS) is 14.6. The molecule has 0 aromatic heterocycles. The van der Waals surface area contributed by atoms with Crippen LogP contribution in [0.4, 0.5) is 0 Å². The molecule has 0 spiro atoms. The number of halogens is 1. The van der Waals surface area contributed by atoms with Crippen molar-refractivity contribution in [3.05, 3.63) is 64.2 Å². The van der Waals surface area contributed by atoms with E-state index in [-0.39, 0.29) is 50.3 Å². The van der Waals surface area contributed by atoms with Crippen molar-refractivity contribution in [1.29, 1.82) is 0 Å². The van der Waals surface area contributed by atoms with Gasteiger partial charge in [0, 0.05) is 30.5 Å². The maximum absolute atomic E-state index is 11.7. The summed E-state index contributed by atoms with van der Waals surface area (Å²) in [5.41, 5.74) is 2.91. The first kappa shape index (κ1) is 25.7. The summed E-state index contributed by atoms with van der Waals surface area (Å²) in [6.07, 6.45) is 1.44. The molecule has 7 nitrogen and oxygen atoms in total. The molecule has 182 valence electrons. The van der Waals surface area contributed by atoms with E-state index in [9.17, 15) is 19.5 Å². The number of nitrogens with zero attached hydrogens (tertiary/aromatic N) is 2. The minimum Gasteiger partial charge on any atom is -0.491 e. The Kier molecular flexibility index (Phi) is 9.07. The fraction of sp³-hybridized carbons (Fsp3) is 0.423. The van der Waals surface area contributed by atoms with Crippen LogP contribution in [0.2, 0.25) is 5.02 Å². The van der Waals surface area contributed by atoms with E-state index >= 15 is 0 Å². The van der Waals surface area contributed by atoms with Crippen molar-refractivity contribution < 1.29 is 24.2 Å². The number of carboxylic acid groups (broad SMARTS) is 1. The Morgan fingerprint density at radius 3 is 2.41 bits per heavy atom. The third-order valence-corrected chi connectivity index (χ3v) is 6.18. The summed E-state index contributed by atoms with van der Waals surface area (Å²) in [6, 6.07) is 13.0. The Morgan fingerprint density at radius 1 is 1.15 bits per heavy atom. The predicted octanol–water partition coefficient (Wildman–Crippen LogP) is 4.60. The van der Waals surface area contributed by atoms with Crippen molar-refractivity contribution in [2.45, 2.75) is 52.1 Å². The van der Waals surface area contributed by atoms with Crippen molar-refractivity contribution in [1.82, 2.24) is 9.80 Å². The van der Waals surface area contributed by atoms with Crippen molar-refractivity contribution >= 4 is 29.4 Å². The van der Waals surface area contributed by atoms with Gasteiger partial charge in [0.25, 0.3) is 0 Å². The summed E-state index contributed by atoms with van der Waals surface area (Å²) in [6.45, 7) is 5.86. The molecule has 1 atom stereocenters. The Morgan fingerprint density at radius 2 is 1.82 bits per heavy atom. The van der Waals surface area contributed by atoms with Crippen molar-refractivity contribution in [3.63, 3.8) is 0 Å². The van der Waals surface area contributed by atoms with E-state index in [4.69, 9.17) is 16.3 Å². The lowest BCUT2D eigenvalue weighted by atomic mass is 10.0. The van der Waals surface area contributed by atoms with Gasteiger partial charge in [0.15, 0.2) is 0 Å². The molecule has 3 rings (SSSR count). The Balaban J connectivity index is 1.69. The Labute approximate surface area is 205 Å². The van der Waals surface area contributed by atoms with Crippen LogP contribution in [-0.4, -0.2) is 52.4 Å². The van der Waals surface area contributed by atoms with E-state index in [0.29, 0.717) is 17.3 Å². The van der Waals surface area contributed by atoms with Gasteiger partial charge < -0.3 is 9.84 Å². The lowest BCUT2D eigenvalue weighted by molar-refractivity contribution is -0.140. The Bertz CT molecular complexity index is 1010. The van der Waals surface area contributed by atoms with Gasteiger partial charge in [-0.3, -0.25) is 24.2 Å². The fourth-order valence-electron chi connectivity index (χ4n) is 4.27. The lowest BCUT2D eigenvalue weighted by Gasteiger charge is -2.31. The number of benzene rings is 2. The number of imide groups is 1. The molecule has 2 aromatic carbocycles. The van der Waals surface area contributed by atoms with Crippen LogP contribution in [0.1, 0.15) is 55.3 Å². The minimum absolute atomic E-state index is 0.00422. The summed E-state index contributed by atoms with van der Waals surface area (Å²) in [7, 11) is 0. The van der Waals surface area contributed by atoms with Crippen molar-refractivity contribution in [2.24, 2.45) is 0 Å². The maximum atomic E-state index is 11.7. The molecule has 1 saturated heterocycles. The van der Waals surface area contributed by atoms with Gasteiger partial charge in [-0.1, -0.05) is 42.8 Å². The first-order chi connectivity index (χ1) is 16.3. The zero-order valence-electron chi connectivity index (χ0n) is 19.6. The molecule has 1 fully saturated rings. The standard InChI is InChI=1S/C26H31ClN2O5/c1-3-12-28(22(16-26(32)33)20-5-7-21(27)8-6-20)17-19-4-9-23(18(2)15-19)34-14-13-29-24(30)10-11-25(29)31/h4-9,15,22H,3,10-14,16-17H2,1-2H3,(H,32,33). The fourth-order valence-corrected chi connectivity index (χ4v) is 4.39. The SMILES string of the molecule is CCCN(Cc1ccc(OCCN2C(=O)CCC2=O)c(C)c1)C(CC(=O)O)c1ccc(Cl)cc1. The number of carbonyl (C=O) groups is 3. The van der Waals surface area contributed by atoms with Crippen LogP contribution in [-0.2, 0) is 20.9 Å². The molecule has 8 heteroatoms. The summed E-state index contributed by atoms with van der Waals surface area (Å²) < 4.78 is 5.83. The predicted molar refractivity (Wildman–Crippen MR) is 130 cm³/mol. The smallest absolute Gasteiger partial charge is 0.305 e. The highest BCUT2D eigenvalue weighted by Gasteiger charge is 2.28. The molecule has 1 heterocycles. The number of rotatable bonds is 12. The highest BCUT2D eigenvalue weighted by atomic mass is 35.5. The molecule has 2 aromatic rings. The largest absolute Gasteiger partial charge is 0.491 e. The second kappa shape index (κ2) is 12.0. The van der Waals surface area contributed by atoms with Crippen LogP contribution in [0.5, 0.6) is 5.75 Å². The van der Waals surface area contributed by atoms with Crippen LogP contribution in [0.3, 0.4) is 0 Å². The molecule has 1 aliphatic heterocycles. The third-order valence-electron chi connectivity index (χ3n) is 5.93. The first-order valence-electron chi connectivity index (χ1n) is 11.5. The van der Waals surface area contributed by atoms with Crippen LogP contribution >= 0.6 is 11.6 Å². The van der Waals surface area contributed by atoms with E-state index in [1.807, 2.05) is 37.3 Å². The van der Waals surface area contributed by atoms with E-state index in [1.165, 1.54) is 4.90 Å². The summed E-state index contributed by atoms with van der Waals surface area (Å²) in [5, 5.41) is 10.2. The van der Waals surface area contributed by atoms with Crippen LogP contribution in [0.25, 0.3) is 0 Å². The quantitative estimate of drug-likeness (QED) is 0.441. The molecule has 0 saturated carbocycles. The molecule has 1 N–H and O–H groups in total. The maximum Gasteiger partial charge on any atom is 0.305 e. The topological polar surface area (TPSA) is 87.2 Å². The van der Waals surface area contributed by atoms with Gasteiger partial charge in [0.2, 0.25) is 11.8 Å². The Hall–Kier alpha value is -2.90. The van der Waals surface area contributed by atoms with Gasteiger partial charge in [0.1, 0.15) is 12.4 Å². The van der Waals surface area contributed by atoms with Crippen molar-refractivity contribution in [2.75, 3.05) is 19.7 Å². The molecule has 1 unspecified atom stereocenters.